The van der Waals surface area contributed by atoms with Crippen LogP contribution in [0.3, 0.4) is 0 Å². The molecule has 3 heterocycles. The summed E-state index contributed by atoms with van der Waals surface area (Å²) < 4.78 is 16.5. The van der Waals surface area contributed by atoms with Crippen LogP contribution in [-0.4, -0.2) is 80.4 Å². The van der Waals surface area contributed by atoms with Crippen LogP contribution < -0.4 is 30.3 Å². The van der Waals surface area contributed by atoms with Crippen LogP contribution in [0.15, 0.2) is 66.9 Å². The first-order valence-electron chi connectivity index (χ1n) is 16.3. The molecule has 1 saturated heterocycles. The topological polar surface area (TPSA) is 137 Å². The van der Waals surface area contributed by atoms with Gasteiger partial charge in [-0.15, -0.1) is 0 Å². The van der Waals surface area contributed by atoms with Crippen LogP contribution in [0.4, 0.5) is 11.4 Å². The lowest BCUT2D eigenvalue weighted by Crippen LogP contribution is -2.45. The lowest BCUT2D eigenvalue weighted by atomic mass is 9.97. The number of nitrogens with zero attached hydrogens (tertiary/aromatic N) is 2. The lowest BCUT2D eigenvalue weighted by Gasteiger charge is -2.27. The smallest absolute Gasteiger partial charge is 0.255 e. The molecule has 2 aliphatic heterocycles. The highest BCUT2D eigenvalue weighted by atomic mass is 35.5. The molecule has 1 fully saturated rings. The average molecular weight is 688 g/mol. The maximum absolute atomic E-state index is 13.4. The number of nitrogens with one attached hydrogen (secondary N) is 3. The van der Waals surface area contributed by atoms with E-state index in [1.807, 2.05) is 30.5 Å². The zero-order valence-electron chi connectivity index (χ0n) is 27.7. The van der Waals surface area contributed by atoms with Crippen molar-refractivity contribution in [3.63, 3.8) is 0 Å². The molecule has 49 heavy (non-hydrogen) atoms. The second-order valence-corrected chi connectivity index (χ2v) is 12.5. The minimum Gasteiger partial charge on any atom is -0.496 e. The van der Waals surface area contributed by atoms with Gasteiger partial charge in [0.2, 0.25) is 0 Å². The van der Waals surface area contributed by atoms with Crippen LogP contribution in [0, 0.1) is 0 Å². The molecule has 5 N–H and O–H groups in total. The molecule has 2 aliphatic rings. The van der Waals surface area contributed by atoms with E-state index in [9.17, 15) is 15.0 Å². The summed E-state index contributed by atoms with van der Waals surface area (Å²) in [5.41, 5.74) is 7.83. The number of hydrogen-bond acceptors (Lipinski definition) is 10. The number of fused-ring (bicyclic) bond motifs is 1. The molecule has 3 aromatic carbocycles. The molecule has 0 atom stereocenters. The molecule has 258 valence electrons. The van der Waals surface area contributed by atoms with Gasteiger partial charge in [0, 0.05) is 59.8 Å². The van der Waals surface area contributed by atoms with Gasteiger partial charge in [-0.05, 0) is 41.8 Å². The fraction of sp³-hybridized carbons (Fsp3) is 0.351. The molecular formula is C37H42ClN5O6. The predicted molar refractivity (Wildman–Crippen MR) is 190 cm³/mol. The van der Waals surface area contributed by atoms with E-state index in [1.54, 1.807) is 31.4 Å². The third-order valence-electron chi connectivity index (χ3n) is 9.02. The van der Waals surface area contributed by atoms with Gasteiger partial charge in [-0.2, -0.15) is 0 Å². The molecule has 0 saturated carbocycles. The Balaban J connectivity index is 1.16. The zero-order chi connectivity index (χ0) is 34.3. The molecule has 4 aromatic rings. The van der Waals surface area contributed by atoms with Crippen LogP contribution in [0.1, 0.15) is 32.7 Å². The molecule has 6 rings (SSSR count). The molecule has 0 unspecified atom stereocenters. The van der Waals surface area contributed by atoms with Gasteiger partial charge in [0.25, 0.3) is 5.91 Å². The molecule has 1 aromatic heterocycles. The number of rotatable bonds is 15. The van der Waals surface area contributed by atoms with Crippen molar-refractivity contribution in [2.24, 2.45) is 0 Å². The van der Waals surface area contributed by atoms with E-state index in [1.165, 1.54) is 12.7 Å². The van der Waals surface area contributed by atoms with Crippen molar-refractivity contribution in [2.75, 3.05) is 57.4 Å². The summed E-state index contributed by atoms with van der Waals surface area (Å²) in [5, 5.41) is 28.6. The van der Waals surface area contributed by atoms with Gasteiger partial charge in [0.05, 0.1) is 75.7 Å². The highest BCUT2D eigenvalue weighted by molar-refractivity contribution is 6.36. The highest BCUT2D eigenvalue weighted by Gasteiger charge is 2.25. The van der Waals surface area contributed by atoms with E-state index in [-0.39, 0.29) is 19.1 Å². The zero-order valence-corrected chi connectivity index (χ0v) is 28.4. The number of carbonyl (C=O) groups is 1. The van der Waals surface area contributed by atoms with Gasteiger partial charge in [-0.1, -0.05) is 41.9 Å². The number of methoxy groups -OCH3 is 2. The summed E-state index contributed by atoms with van der Waals surface area (Å²) in [6, 6.07) is 19.0. The third kappa shape index (κ3) is 7.83. The number of halogens is 1. The first kappa shape index (κ1) is 34.6. The second kappa shape index (κ2) is 16.0. The SMILES string of the molecule is COc1cc(C(=O)Nc2cccc(-c3cccc4c3CCN4Cc3cc(OC)c(CNC4COC4)cn3)c2Cl)ccc1CNC(CO)CO. The number of aliphatic hydroxyl groups excluding tert-OH is 2. The molecule has 11 nitrogen and oxygen atoms in total. The number of carbonyl (C=O) groups excluding carboxylic acids is 1. The summed E-state index contributed by atoms with van der Waals surface area (Å²) >= 11 is 6.99. The summed E-state index contributed by atoms with van der Waals surface area (Å²) in [4.78, 5) is 20.5. The first-order valence-corrected chi connectivity index (χ1v) is 16.7. The number of hydrogen-bond donors (Lipinski definition) is 5. The van der Waals surface area contributed by atoms with Crippen molar-refractivity contribution in [3.8, 4) is 22.6 Å². The van der Waals surface area contributed by atoms with Crippen LogP contribution in [-0.2, 0) is 30.8 Å². The first-order chi connectivity index (χ1) is 23.9. The normalized spacial score (nSPS) is 14.1. The standard InChI is InChI=1S/C37H42ClN5O6/c1-47-34-13-23(9-10-24(34)15-40-27(19-44)20-45)37(46)42-32-7-3-6-31(36(32)38)29-5-4-8-33-30(29)11-12-43(33)18-26-14-35(48-2)25(16-39-26)17-41-28-21-49-22-28/h3-10,13-14,16,27-28,40-41,44-45H,11-12,15,17-22H2,1-2H3,(H,42,46). The van der Waals surface area contributed by atoms with E-state index in [2.05, 4.69) is 33.0 Å². The van der Waals surface area contributed by atoms with Crippen LogP contribution >= 0.6 is 11.6 Å². The Bertz CT molecular complexity index is 1780. The van der Waals surface area contributed by atoms with Crippen LogP contribution in [0.2, 0.25) is 5.02 Å². The molecule has 0 spiro atoms. The fourth-order valence-electron chi connectivity index (χ4n) is 6.14. The monoisotopic (exact) mass is 687 g/mol. The summed E-state index contributed by atoms with van der Waals surface area (Å²) in [7, 11) is 3.22. The molecule has 0 radical (unpaired) electrons. The maximum Gasteiger partial charge on any atom is 0.255 e. The van der Waals surface area contributed by atoms with Crippen molar-refractivity contribution in [1.29, 1.82) is 0 Å². The number of aromatic nitrogens is 1. The quantitative estimate of drug-likeness (QED) is 0.124. The molecule has 0 aliphatic carbocycles. The molecular weight excluding hydrogens is 646 g/mol. The van der Waals surface area contributed by atoms with Gasteiger partial charge in [-0.25, -0.2) is 0 Å². The van der Waals surface area contributed by atoms with Gasteiger partial charge < -0.3 is 45.3 Å². The average Bonchev–Trinajstić information content (AvgIpc) is 3.52. The summed E-state index contributed by atoms with van der Waals surface area (Å²) in [6.07, 6.45) is 2.74. The molecule has 0 bridgehead atoms. The van der Waals surface area contributed by atoms with E-state index in [0.717, 1.165) is 65.6 Å². The Hall–Kier alpha value is -4.23. The Morgan fingerprint density at radius 1 is 1.00 bits per heavy atom. The number of pyridine rings is 1. The Kier molecular flexibility index (Phi) is 11.3. The van der Waals surface area contributed by atoms with Gasteiger partial charge in [0.15, 0.2) is 0 Å². The van der Waals surface area contributed by atoms with Crippen molar-refractivity contribution >= 4 is 28.9 Å². The van der Waals surface area contributed by atoms with E-state index in [0.29, 0.717) is 47.7 Å². The molecule has 1 amide bonds. The van der Waals surface area contributed by atoms with Crippen molar-refractivity contribution in [1.82, 2.24) is 15.6 Å². The van der Waals surface area contributed by atoms with Crippen molar-refractivity contribution < 1.29 is 29.2 Å². The lowest BCUT2D eigenvalue weighted by molar-refractivity contribution is -0.00586. The summed E-state index contributed by atoms with van der Waals surface area (Å²) in [5.74, 6) is 1.00. The number of anilines is 2. The second-order valence-electron chi connectivity index (χ2n) is 12.2. The Morgan fingerprint density at radius 3 is 2.49 bits per heavy atom. The van der Waals surface area contributed by atoms with E-state index < -0.39 is 6.04 Å². The van der Waals surface area contributed by atoms with E-state index in [4.69, 9.17) is 30.8 Å². The largest absolute Gasteiger partial charge is 0.496 e. The van der Waals surface area contributed by atoms with Crippen molar-refractivity contribution in [2.45, 2.75) is 38.1 Å². The van der Waals surface area contributed by atoms with Crippen LogP contribution in [0.25, 0.3) is 11.1 Å². The number of aliphatic hydroxyl groups is 2. The molecule has 12 heteroatoms. The number of amides is 1. The third-order valence-corrected chi connectivity index (χ3v) is 9.43. The minimum atomic E-state index is -0.449. The van der Waals surface area contributed by atoms with Gasteiger partial charge >= 0.3 is 0 Å². The van der Waals surface area contributed by atoms with Gasteiger partial charge in [0.1, 0.15) is 11.5 Å². The Morgan fingerprint density at radius 2 is 1.76 bits per heavy atom. The summed E-state index contributed by atoms with van der Waals surface area (Å²) in [6.45, 7) is 3.59. The fourth-order valence-corrected chi connectivity index (χ4v) is 6.41. The van der Waals surface area contributed by atoms with Crippen LogP contribution in [0.5, 0.6) is 11.5 Å². The minimum absolute atomic E-state index is 0.194. The number of benzene rings is 3. The van der Waals surface area contributed by atoms with Gasteiger partial charge in [-0.3, -0.25) is 9.78 Å². The maximum atomic E-state index is 13.4. The van der Waals surface area contributed by atoms with Crippen molar-refractivity contribution in [3.05, 3.63) is 99.8 Å². The number of ether oxygens (including phenoxy) is 3. The van der Waals surface area contributed by atoms with E-state index >= 15 is 0 Å². The highest BCUT2D eigenvalue weighted by Crippen LogP contribution is 2.41. The Labute approximate surface area is 291 Å². The predicted octanol–water partition coefficient (Wildman–Crippen LogP) is 4.17.